The second-order valence-corrected chi connectivity index (χ2v) is 4.56. The lowest BCUT2D eigenvalue weighted by Crippen LogP contribution is -2.44. The van der Waals surface area contributed by atoms with Gasteiger partial charge in [-0.2, -0.15) is 0 Å². The largest absolute Gasteiger partial charge is 0.412 e. The van der Waals surface area contributed by atoms with Crippen LogP contribution >= 0.6 is 12.4 Å². The quantitative estimate of drug-likeness (QED) is 0.854. The number of piperazine rings is 1. The fraction of sp³-hybridized carbons (Fsp3) is 0.462. The van der Waals surface area contributed by atoms with Gasteiger partial charge in [-0.1, -0.05) is 18.2 Å². The lowest BCUT2D eigenvalue weighted by Gasteiger charge is -2.35. The molecule has 0 radical (unpaired) electrons. The van der Waals surface area contributed by atoms with Crippen LogP contribution in [0, 0.1) is 0 Å². The number of halogens is 1. The van der Waals surface area contributed by atoms with Gasteiger partial charge in [-0.3, -0.25) is 4.79 Å². The molecule has 6 heteroatoms. The molecule has 0 saturated carbocycles. The smallest absolute Gasteiger partial charge is 0.221 e. The summed E-state index contributed by atoms with van der Waals surface area (Å²) in [6, 6.07) is 8.03. The van der Waals surface area contributed by atoms with E-state index in [4.69, 9.17) is 5.73 Å². The molecular weight excluding hydrogens is 266 g/mol. The summed E-state index contributed by atoms with van der Waals surface area (Å²) in [7, 11) is 2.13. The fourth-order valence-electron chi connectivity index (χ4n) is 2.20. The van der Waals surface area contributed by atoms with Crippen LogP contribution in [0.1, 0.15) is 5.56 Å². The molecule has 2 rings (SSSR count). The molecule has 1 aliphatic rings. The Morgan fingerprint density at radius 1 is 1.21 bits per heavy atom. The molecule has 1 heterocycles. The molecule has 0 spiro atoms. The van der Waals surface area contributed by atoms with Crippen LogP contribution in [-0.4, -0.2) is 49.5 Å². The Morgan fingerprint density at radius 2 is 1.79 bits per heavy atom. The number of nitrogens with two attached hydrogens (primary N) is 1. The molecule has 5 nitrogen and oxygen atoms in total. The van der Waals surface area contributed by atoms with Crippen LogP contribution in [0.15, 0.2) is 24.3 Å². The molecule has 4 N–H and O–H groups in total. The number of nitrogens with zero attached hydrogens (tertiary/aromatic N) is 2. The zero-order valence-electron chi connectivity index (χ0n) is 11.1. The first-order valence-electron chi connectivity index (χ1n) is 5.96. The zero-order valence-corrected chi connectivity index (χ0v) is 11.9. The topological polar surface area (TPSA) is 81.1 Å². The molecule has 1 aromatic rings. The first-order valence-corrected chi connectivity index (χ1v) is 5.96. The van der Waals surface area contributed by atoms with Crippen molar-refractivity contribution < 1.29 is 10.3 Å². The Labute approximate surface area is 120 Å². The van der Waals surface area contributed by atoms with E-state index in [0.29, 0.717) is 6.42 Å². The lowest BCUT2D eigenvalue weighted by atomic mass is 10.1. The molecule has 1 aromatic carbocycles. The van der Waals surface area contributed by atoms with Gasteiger partial charge < -0.3 is 21.0 Å². The lowest BCUT2D eigenvalue weighted by molar-refractivity contribution is -0.117. The van der Waals surface area contributed by atoms with Gasteiger partial charge in [0, 0.05) is 31.9 Å². The van der Waals surface area contributed by atoms with Gasteiger partial charge in [0.25, 0.3) is 0 Å². The summed E-state index contributed by atoms with van der Waals surface area (Å²) in [5.74, 6) is -0.272. The number of benzene rings is 1. The van der Waals surface area contributed by atoms with E-state index in [2.05, 4.69) is 22.9 Å². The summed E-state index contributed by atoms with van der Waals surface area (Å²) in [4.78, 5) is 15.7. The van der Waals surface area contributed by atoms with Crippen LogP contribution in [0.4, 0.5) is 5.69 Å². The van der Waals surface area contributed by atoms with Gasteiger partial charge >= 0.3 is 0 Å². The number of carbonyl (C=O) groups excluding carboxylic acids is 1. The molecule has 0 unspecified atom stereocenters. The summed E-state index contributed by atoms with van der Waals surface area (Å²) in [6.07, 6.45) is 0.322. The van der Waals surface area contributed by atoms with Crippen LogP contribution in [0.3, 0.4) is 0 Å². The van der Waals surface area contributed by atoms with Gasteiger partial charge in [-0.15, -0.1) is 12.4 Å². The van der Waals surface area contributed by atoms with E-state index in [1.165, 1.54) is 0 Å². The van der Waals surface area contributed by atoms with Crippen molar-refractivity contribution in [2.75, 3.05) is 38.1 Å². The fourth-order valence-corrected chi connectivity index (χ4v) is 2.20. The molecule has 108 valence electrons. The summed E-state index contributed by atoms with van der Waals surface area (Å²) in [5.41, 5.74) is 7.46. The number of likely N-dealkylation sites (N-methyl/N-ethyl adjacent to an activating group) is 1. The molecule has 0 aliphatic carbocycles. The second kappa shape index (κ2) is 7.99. The average molecular weight is 288 g/mol. The number of amides is 1. The molecule has 0 aromatic heterocycles. The minimum absolute atomic E-state index is 0. The number of anilines is 1. The van der Waals surface area contributed by atoms with Crippen LogP contribution < -0.4 is 10.6 Å². The van der Waals surface area contributed by atoms with Crippen molar-refractivity contribution in [1.29, 1.82) is 0 Å². The van der Waals surface area contributed by atoms with Crippen molar-refractivity contribution in [2.24, 2.45) is 5.73 Å². The van der Waals surface area contributed by atoms with Crippen molar-refractivity contribution in [3.8, 4) is 0 Å². The number of hydrogen-bond donors (Lipinski definition) is 1. The normalized spacial score (nSPS) is 15.3. The maximum Gasteiger partial charge on any atom is 0.221 e. The van der Waals surface area contributed by atoms with Gasteiger partial charge in [0.1, 0.15) is 0 Å². The standard InChI is InChI=1S/C13H19N3O.ClH.H2O/c1-15-6-8-16(9-7-15)12-5-3-2-4-11(12)10-13(14)17;;/h2-5H,6-10H2,1H3,(H2,14,17);1H;1H2. The van der Waals surface area contributed by atoms with E-state index in [-0.39, 0.29) is 23.8 Å². The number of para-hydroxylation sites is 1. The number of carbonyl (C=O) groups is 1. The van der Waals surface area contributed by atoms with Gasteiger partial charge in [0.2, 0.25) is 5.91 Å². The molecule has 1 fully saturated rings. The van der Waals surface area contributed by atoms with Gasteiger partial charge in [-0.25, -0.2) is 0 Å². The van der Waals surface area contributed by atoms with Gasteiger partial charge in [0.05, 0.1) is 6.42 Å². The van der Waals surface area contributed by atoms with E-state index in [9.17, 15) is 4.79 Å². The maximum atomic E-state index is 11.1. The Bertz CT molecular complexity index is 407. The van der Waals surface area contributed by atoms with Crippen LogP contribution in [-0.2, 0) is 11.2 Å². The van der Waals surface area contributed by atoms with Crippen LogP contribution in [0.25, 0.3) is 0 Å². The summed E-state index contributed by atoms with van der Waals surface area (Å²) >= 11 is 0. The number of primary amides is 1. The third-order valence-corrected chi connectivity index (χ3v) is 3.20. The van der Waals surface area contributed by atoms with E-state index in [0.717, 1.165) is 37.4 Å². The predicted octanol–water partition coefficient (Wildman–Crippen LogP) is 0.0633. The predicted molar refractivity (Wildman–Crippen MR) is 79.9 cm³/mol. The number of hydrogen-bond acceptors (Lipinski definition) is 3. The summed E-state index contributed by atoms with van der Waals surface area (Å²) in [5, 5.41) is 0. The summed E-state index contributed by atoms with van der Waals surface area (Å²) < 4.78 is 0. The van der Waals surface area contributed by atoms with Gasteiger partial charge in [0.15, 0.2) is 0 Å². The van der Waals surface area contributed by atoms with Crippen LogP contribution in [0.2, 0.25) is 0 Å². The molecule has 1 amide bonds. The molecule has 1 saturated heterocycles. The van der Waals surface area contributed by atoms with E-state index >= 15 is 0 Å². The maximum absolute atomic E-state index is 11.1. The second-order valence-electron chi connectivity index (χ2n) is 4.56. The van der Waals surface area contributed by atoms with Crippen molar-refractivity contribution in [1.82, 2.24) is 4.90 Å². The minimum atomic E-state index is -0.272. The molecule has 0 atom stereocenters. The highest BCUT2D eigenvalue weighted by Gasteiger charge is 2.17. The SMILES string of the molecule is CN1CCN(c2ccccc2CC(N)=O)CC1.Cl.O. The van der Waals surface area contributed by atoms with Crippen LogP contribution in [0.5, 0.6) is 0 Å². The van der Waals surface area contributed by atoms with E-state index < -0.39 is 0 Å². The Morgan fingerprint density at radius 3 is 2.37 bits per heavy atom. The zero-order chi connectivity index (χ0) is 12.3. The molecule has 19 heavy (non-hydrogen) atoms. The highest BCUT2D eigenvalue weighted by atomic mass is 35.5. The molecule has 0 bridgehead atoms. The van der Waals surface area contributed by atoms with Gasteiger partial charge in [-0.05, 0) is 18.7 Å². The minimum Gasteiger partial charge on any atom is -0.412 e. The van der Waals surface area contributed by atoms with Crippen molar-refractivity contribution in [3.63, 3.8) is 0 Å². The van der Waals surface area contributed by atoms with Crippen molar-refractivity contribution in [3.05, 3.63) is 29.8 Å². The highest BCUT2D eigenvalue weighted by Crippen LogP contribution is 2.21. The molecular formula is C13H22ClN3O2. The van der Waals surface area contributed by atoms with E-state index in [1.807, 2.05) is 18.2 Å². The Hall–Kier alpha value is -1.30. The Kier molecular flexibility index (Phi) is 7.44. The van der Waals surface area contributed by atoms with Crippen molar-refractivity contribution in [2.45, 2.75) is 6.42 Å². The first kappa shape index (κ1) is 17.7. The third-order valence-electron chi connectivity index (χ3n) is 3.20. The molecule has 1 aliphatic heterocycles. The van der Waals surface area contributed by atoms with E-state index in [1.54, 1.807) is 0 Å². The average Bonchev–Trinajstić information content (AvgIpc) is 2.30. The Balaban J connectivity index is 0.00000162. The first-order chi connectivity index (χ1) is 8.16. The summed E-state index contributed by atoms with van der Waals surface area (Å²) in [6.45, 7) is 4.13. The highest BCUT2D eigenvalue weighted by molar-refractivity contribution is 5.85. The van der Waals surface area contributed by atoms with Crippen molar-refractivity contribution >= 4 is 24.0 Å². The number of rotatable bonds is 3. The monoisotopic (exact) mass is 287 g/mol. The third kappa shape index (κ3) is 4.70.